The van der Waals surface area contributed by atoms with Gasteiger partial charge in [0, 0.05) is 24.8 Å². The van der Waals surface area contributed by atoms with E-state index in [4.69, 9.17) is 5.73 Å². The Balaban J connectivity index is 1.85. The molecule has 1 aromatic carbocycles. The Morgan fingerprint density at radius 3 is 2.63 bits per heavy atom. The summed E-state index contributed by atoms with van der Waals surface area (Å²) in [5.74, 6) is 0.0544. The SMILES string of the molecule is Cc1ccc(NC(=O)CN2CCC(N)CC2)cc1C. The number of rotatable bonds is 3. The van der Waals surface area contributed by atoms with Gasteiger partial charge < -0.3 is 11.1 Å². The quantitative estimate of drug-likeness (QED) is 0.870. The van der Waals surface area contributed by atoms with E-state index in [0.29, 0.717) is 12.6 Å². The van der Waals surface area contributed by atoms with Crippen LogP contribution in [0, 0.1) is 13.8 Å². The number of nitrogens with one attached hydrogen (secondary N) is 1. The molecule has 1 amide bonds. The van der Waals surface area contributed by atoms with Gasteiger partial charge >= 0.3 is 0 Å². The Kier molecular flexibility index (Phi) is 4.56. The summed E-state index contributed by atoms with van der Waals surface area (Å²) in [5.41, 5.74) is 9.17. The molecule has 0 aromatic heterocycles. The van der Waals surface area contributed by atoms with Crippen LogP contribution in [0.4, 0.5) is 5.69 Å². The first kappa shape index (κ1) is 14.0. The second-order valence-electron chi connectivity index (χ2n) is 5.46. The zero-order valence-electron chi connectivity index (χ0n) is 11.8. The molecule has 4 nitrogen and oxygen atoms in total. The third-order valence-corrected chi connectivity index (χ3v) is 3.79. The summed E-state index contributed by atoms with van der Waals surface area (Å²) in [6.45, 7) is 6.41. The standard InChI is InChI=1S/C15H23N3O/c1-11-3-4-14(9-12(11)2)17-15(19)10-18-7-5-13(16)6-8-18/h3-4,9,13H,5-8,10,16H2,1-2H3,(H,17,19). The summed E-state index contributed by atoms with van der Waals surface area (Å²) in [7, 11) is 0. The Bertz CT molecular complexity index is 451. The molecule has 0 aliphatic carbocycles. The number of carbonyl (C=O) groups is 1. The van der Waals surface area contributed by atoms with Crippen molar-refractivity contribution >= 4 is 11.6 Å². The summed E-state index contributed by atoms with van der Waals surface area (Å²) in [5, 5.41) is 2.96. The first-order valence-electron chi connectivity index (χ1n) is 6.89. The van der Waals surface area contributed by atoms with Crippen LogP contribution >= 0.6 is 0 Å². The Morgan fingerprint density at radius 2 is 2.00 bits per heavy atom. The summed E-state index contributed by atoms with van der Waals surface area (Å²) in [4.78, 5) is 14.1. The van der Waals surface area contributed by atoms with Gasteiger partial charge in [-0.2, -0.15) is 0 Å². The number of piperidine rings is 1. The topological polar surface area (TPSA) is 58.4 Å². The van der Waals surface area contributed by atoms with E-state index in [0.717, 1.165) is 31.6 Å². The van der Waals surface area contributed by atoms with Gasteiger partial charge in [-0.05, 0) is 49.9 Å². The number of amides is 1. The lowest BCUT2D eigenvalue weighted by molar-refractivity contribution is -0.117. The second-order valence-corrected chi connectivity index (χ2v) is 5.46. The minimum Gasteiger partial charge on any atom is -0.328 e. The smallest absolute Gasteiger partial charge is 0.238 e. The van der Waals surface area contributed by atoms with E-state index < -0.39 is 0 Å². The van der Waals surface area contributed by atoms with Crippen LogP contribution in [0.2, 0.25) is 0 Å². The fourth-order valence-electron chi connectivity index (χ4n) is 2.33. The van der Waals surface area contributed by atoms with E-state index in [-0.39, 0.29) is 5.91 Å². The van der Waals surface area contributed by atoms with Crippen molar-refractivity contribution in [2.24, 2.45) is 5.73 Å². The van der Waals surface area contributed by atoms with E-state index in [9.17, 15) is 4.79 Å². The highest BCUT2D eigenvalue weighted by Gasteiger charge is 2.18. The van der Waals surface area contributed by atoms with Gasteiger partial charge in [0.15, 0.2) is 0 Å². The lowest BCUT2D eigenvalue weighted by atomic mass is 10.1. The van der Waals surface area contributed by atoms with Crippen LogP contribution in [-0.4, -0.2) is 36.5 Å². The molecule has 0 saturated carbocycles. The fourth-order valence-corrected chi connectivity index (χ4v) is 2.33. The molecular weight excluding hydrogens is 238 g/mol. The van der Waals surface area contributed by atoms with Gasteiger partial charge in [-0.15, -0.1) is 0 Å². The predicted molar refractivity (Wildman–Crippen MR) is 78.2 cm³/mol. The number of benzene rings is 1. The van der Waals surface area contributed by atoms with Crippen molar-refractivity contribution in [3.8, 4) is 0 Å². The molecule has 3 N–H and O–H groups in total. The molecule has 1 heterocycles. The highest BCUT2D eigenvalue weighted by atomic mass is 16.2. The molecule has 1 aliphatic heterocycles. The van der Waals surface area contributed by atoms with Crippen LogP contribution in [0.3, 0.4) is 0 Å². The number of hydrogen-bond acceptors (Lipinski definition) is 3. The maximum atomic E-state index is 12.0. The Labute approximate surface area is 115 Å². The third-order valence-electron chi connectivity index (χ3n) is 3.79. The molecular formula is C15H23N3O. The highest BCUT2D eigenvalue weighted by Crippen LogP contribution is 2.14. The van der Waals surface area contributed by atoms with Crippen molar-refractivity contribution in [1.29, 1.82) is 0 Å². The number of hydrogen-bond donors (Lipinski definition) is 2. The molecule has 0 spiro atoms. The summed E-state index contributed by atoms with van der Waals surface area (Å²) >= 11 is 0. The first-order valence-corrected chi connectivity index (χ1v) is 6.89. The molecule has 0 atom stereocenters. The molecule has 0 unspecified atom stereocenters. The Morgan fingerprint density at radius 1 is 1.32 bits per heavy atom. The van der Waals surface area contributed by atoms with Crippen LogP contribution in [0.15, 0.2) is 18.2 Å². The number of likely N-dealkylation sites (tertiary alicyclic amines) is 1. The van der Waals surface area contributed by atoms with Gasteiger partial charge in [0.2, 0.25) is 5.91 Å². The molecule has 1 saturated heterocycles. The molecule has 1 fully saturated rings. The summed E-state index contributed by atoms with van der Waals surface area (Å²) in [6.07, 6.45) is 1.97. The van der Waals surface area contributed by atoms with Gasteiger partial charge in [-0.25, -0.2) is 0 Å². The van der Waals surface area contributed by atoms with Crippen LogP contribution in [0.25, 0.3) is 0 Å². The maximum Gasteiger partial charge on any atom is 0.238 e. The largest absolute Gasteiger partial charge is 0.328 e. The number of carbonyl (C=O) groups excluding carboxylic acids is 1. The maximum absolute atomic E-state index is 12.0. The number of anilines is 1. The highest BCUT2D eigenvalue weighted by molar-refractivity contribution is 5.92. The van der Waals surface area contributed by atoms with Crippen LogP contribution in [0.5, 0.6) is 0 Å². The van der Waals surface area contributed by atoms with Crippen molar-refractivity contribution in [3.63, 3.8) is 0 Å². The van der Waals surface area contributed by atoms with Crippen molar-refractivity contribution in [2.45, 2.75) is 32.7 Å². The lowest BCUT2D eigenvalue weighted by Crippen LogP contribution is -2.43. The van der Waals surface area contributed by atoms with Crippen molar-refractivity contribution in [2.75, 3.05) is 25.0 Å². The first-order chi connectivity index (χ1) is 9.04. The minimum atomic E-state index is 0.0544. The van der Waals surface area contributed by atoms with E-state index in [1.165, 1.54) is 11.1 Å². The molecule has 1 aliphatic rings. The van der Waals surface area contributed by atoms with E-state index in [2.05, 4.69) is 24.1 Å². The molecule has 1 aromatic rings. The average Bonchev–Trinajstić information content (AvgIpc) is 2.37. The predicted octanol–water partition coefficient (Wildman–Crippen LogP) is 1.67. The molecule has 0 bridgehead atoms. The molecule has 104 valence electrons. The zero-order chi connectivity index (χ0) is 13.8. The summed E-state index contributed by atoms with van der Waals surface area (Å²) in [6, 6.07) is 6.30. The zero-order valence-corrected chi connectivity index (χ0v) is 11.8. The number of aryl methyl sites for hydroxylation is 2. The Hall–Kier alpha value is -1.39. The minimum absolute atomic E-state index is 0.0544. The molecule has 4 heteroatoms. The van der Waals surface area contributed by atoms with Gasteiger partial charge in [0.25, 0.3) is 0 Å². The van der Waals surface area contributed by atoms with Crippen LogP contribution in [-0.2, 0) is 4.79 Å². The van der Waals surface area contributed by atoms with Crippen LogP contribution in [0.1, 0.15) is 24.0 Å². The third kappa shape index (κ3) is 4.04. The van der Waals surface area contributed by atoms with Crippen molar-refractivity contribution < 1.29 is 4.79 Å². The molecule has 19 heavy (non-hydrogen) atoms. The second kappa shape index (κ2) is 6.17. The molecule has 2 rings (SSSR count). The van der Waals surface area contributed by atoms with E-state index >= 15 is 0 Å². The van der Waals surface area contributed by atoms with E-state index in [1.54, 1.807) is 0 Å². The summed E-state index contributed by atoms with van der Waals surface area (Å²) < 4.78 is 0. The van der Waals surface area contributed by atoms with E-state index in [1.807, 2.05) is 18.2 Å². The lowest BCUT2D eigenvalue weighted by Gasteiger charge is -2.29. The normalized spacial score (nSPS) is 17.4. The van der Waals surface area contributed by atoms with Gasteiger partial charge in [0.05, 0.1) is 6.54 Å². The van der Waals surface area contributed by atoms with Gasteiger partial charge in [0.1, 0.15) is 0 Å². The monoisotopic (exact) mass is 261 g/mol. The van der Waals surface area contributed by atoms with Gasteiger partial charge in [-0.1, -0.05) is 6.07 Å². The fraction of sp³-hybridized carbons (Fsp3) is 0.533. The molecule has 0 radical (unpaired) electrons. The van der Waals surface area contributed by atoms with Crippen molar-refractivity contribution in [1.82, 2.24) is 4.90 Å². The van der Waals surface area contributed by atoms with Gasteiger partial charge in [-0.3, -0.25) is 9.69 Å². The average molecular weight is 261 g/mol. The van der Waals surface area contributed by atoms with Crippen LogP contribution < -0.4 is 11.1 Å². The number of nitrogens with zero attached hydrogens (tertiary/aromatic N) is 1. The number of nitrogens with two attached hydrogens (primary N) is 1. The van der Waals surface area contributed by atoms with Crippen molar-refractivity contribution in [3.05, 3.63) is 29.3 Å².